The lowest BCUT2D eigenvalue weighted by molar-refractivity contribution is -0.137. The fourth-order valence-corrected chi connectivity index (χ4v) is 3.93. The summed E-state index contributed by atoms with van der Waals surface area (Å²) in [4.78, 5) is 33.3. The number of carbonyl (C=O) groups excluding carboxylic acids is 1. The maximum Gasteiger partial charge on any atom is 0.261 e. The smallest absolute Gasteiger partial charge is 0.261 e. The van der Waals surface area contributed by atoms with Gasteiger partial charge >= 0.3 is 0 Å². The molecule has 2 fully saturated rings. The van der Waals surface area contributed by atoms with E-state index in [0.29, 0.717) is 69.7 Å². The Labute approximate surface area is 163 Å². The van der Waals surface area contributed by atoms with Gasteiger partial charge in [0.1, 0.15) is 0 Å². The number of rotatable bonds is 4. The van der Waals surface area contributed by atoms with E-state index in [4.69, 9.17) is 4.74 Å². The molecule has 0 radical (unpaired) electrons. The lowest BCUT2D eigenvalue weighted by Crippen LogP contribution is -2.51. The molecule has 28 heavy (non-hydrogen) atoms. The Morgan fingerprint density at radius 3 is 2.61 bits per heavy atom. The van der Waals surface area contributed by atoms with Crippen LogP contribution >= 0.6 is 0 Å². The highest BCUT2D eigenvalue weighted by Crippen LogP contribution is 2.24. The predicted octanol–water partition coefficient (Wildman–Crippen LogP) is 0.0822. The summed E-state index contributed by atoms with van der Waals surface area (Å²) in [7, 11) is 0. The normalized spacial score (nSPS) is 20.4. The molecule has 0 unspecified atom stereocenters. The molecule has 4 rings (SSSR count). The second kappa shape index (κ2) is 7.98. The van der Waals surface area contributed by atoms with Crippen molar-refractivity contribution in [2.24, 2.45) is 0 Å². The molecule has 1 aromatic heterocycles. The Morgan fingerprint density at radius 1 is 1.14 bits per heavy atom. The van der Waals surface area contributed by atoms with Crippen molar-refractivity contribution in [1.82, 2.24) is 19.4 Å². The van der Waals surface area contributed by atoms with Crippen LogP contribution in [0, 0.1) is 0 Å². The van der Waals surface area contributed by atoms with Gasteiger partial charge in [0.05, 0.1) is 49.1 Å². The minimum atomic E-state index is -0.966. The van der Waals surface area contributed by atoms with Crippen molar-refractivity contribution in [3.8, 4) is 0 Å². The number of benzene rings is 1. The summed E-state index contributed by atoms with van der Waals surface area (Å²) < 4.78 is 6.78. The van der Waals surface area contributed by atoms with Gasteiger partial charge in [0, 0.05) is 26.2 Å². The number of morpholine rings is 1. The zero-order valence-corrected chi connectivity index (χ0v) is 15.9. The molecule has 1 N–H and O–H groups in total. The van der Waals surface area contributed by atoms with Crippen LogP contribution in [0.15, 0.2) is 35.4 Å². The largest absolute Gasteiger partial charge is 0.388 e. The molecule has 8 heteroatoms. The Kier molecular flexibility index (Phi) is 5.43. The second-order valence-corrected chi connectivity index (χ2v) is 7.69. The summed E-state index contributed by atoms with van der Waals surface area (Å²) in [6, 6.07) is 7.22. The van der Waals surface area contributed by atoms with Crippen LogP contribution in [0.3, 0.4) is 0 Å². The third-order valence-electron chi connectivity index (χ3n) is 5.71. The molecular weight excluding hydrogens is 360 g/mol. The molecule has 0 spiro atoms. The van der Waals surface area contributed by atoms with E-state index in [0.717, 1.165) is 0 Å². The first kappa shape index (κ1) is 19.0. The molecule has 0 atom stereocenters. The van der Waals surface area contributed by atoms with Crippen molar-refractivity contribution in [3.63, 3.8) is 0 Å². The van der Waals surface area contributed by atoms with Crippen LogP contribution < -0.4 is 5.56 Å². The van der Waals surface area contributed by atoms with E-state index in [1.54, 1.807) is 12.1 Å². The summed E-state index contributed by atoms with van der Waals surface area (Å²) in [5.41, 5.74) is -0.442. The highest BCUT2D eigenvalue weighted by Gasteiger charge is 2.34. The molecule has 1 amide bonds. The van der Waals surface area contributed by atoms with Crippen molar-refractivity contribution in [1.29, 1.82) is 0 Å². The van der Waals surface area contributed by atoms with Crippen LogP contribution in [0.2, 0.25) is 0 Å². The first-order chi connectivity index (χ1) is 13.5. The number of likely N-dealkylation sites (tertiary alicyclic amines) is 1. The van der Waals surface area contributed by atoms with Crippen LogP contribution in [0.4, 0.5) is 0 Å². The van der Waals surface area contributed by atoms with Crippen molar-refractivity contribution < 1.29 is 14.6 Å². The van der Waals surface area contributed by atoms with Crippen LogP contribution in [0.1, 0.15) is 12.8 Å². The average Bonchev–Trinajstić information content (AvgIpc) is 2.73. The number of aliphatic hydroxyl groups is 1. The minimum absolute atomic E-state index is 0.115. The van der Waals surface area contributed by atoms with E-state index < -0.39 is 5.60 Å². The number of aromatic nitrogens is 2. The van der Waals surface area contributed by atoms with Crippen molar-refractivity contribution in [2.75, 3.05) is 45.9 Å². The zero-order chi connectivity index (χ0) is 19.6. The highest BCUT2D eigenvalue weighted by molar-refractivity contribution is 5.78. The number of para-hydroxylation sites is 1. The summed E-state index contributed by atoms with van der Waals surface area (Å²) in [6.07, 6.45) is 2.54. The van der Waals surface area contributed by atoms with Crippen LogP contribution in [-0.2, 0) is 16.1 Å². The van der Waals surface area contributed by atoms with Gasteiger partial charge in [-0.3, -0.25) is 19.1 Å². The number of ether oxygens (including phenoxy) is 1. The monoisotopic (exact) mass is 386 g/mol. The number of amides is 1. The van der Waals surface area contributed by atoms with Gasteiger partial charge in [-0.15, -0.1) is 0 Å². The fraction of sp³-hybridized carbons (Fsp3) is 0.550. The van der Waals surface area contributed by atoms with E-state index in [1.165, 1.54) is 10.9 Å². The summed E-state index contributed by atoms with van der Waals surface area (Å²) in [6.45, 7) is 4.33. The van der Waals surface area contributed by atoms with Crippen LogP contribution in [0.5, 0.6) is 0 Å². The predicted molar refractivity (Wildman–Crippen MR) is 104 cm³/mol. The Bertz CT molecular complexity index is 898. The minimum Gasteiger partial charge on any atom is -0.388 e. The first-order valence-electron chi connectivity index (χ1n) is 9.79. The van der Waals surface area contributed by atoms with Gasteiger partial charge < -0.3 is 14.7 Å². The van der Waals surface area contributed by atoms with E-state index in [1.807, 2.05) is 17.0 Å². The number of piperidine rings is 1. The quantitative estimate of drug-likeness (QED) is 0.801. The molecule has 1 aromatic carbocycles. The van der Waals surface area contributed by atoms with Gasteiger partial charge in [-0.05, 0) is 25.0 Å². The van der Waals surface area contributed by atoms with Gasteiger partial charge in [-0.25, -0.2) is 4.98 Å². The molecule has 3 heterocycles. The maximum atomic E-state index is 12.7. The molecular formula is C20H26N4O4. The SMILES string of the molecule is O=C(CN1CCC(O)(Cn2cnc3ccccc3c2=O)CC1)N1CCOCC1. The lowest BCUT2D eigenvalue weighted by atomic mass is 9.91. The number of hydrogen-bond donors (Lipinski definition) is 1. The summed E-state index contributed by atoms with van der Waals surface area (Å²) >= 11 is 0. The van der Waals surface area contributed by atoms with Crippen molar-refractivity contribution >= 4 is 16.8 Å². The van der Waals surface area contributed by atoms with Crippen LogP contribution in [0.25, 0.3) is 10.9 Å². The standard InChI is InChI=1S/C20H26N4O4/c25-18(23-9-11-28-12-10-23)13-22-7-5-20(27,6-8-22)14-24-15-21-17-4-2-1-3-16(17)19(24)26/h1-4,15,27H,5-14H2. The van der Waals surface area contributed by atoms with Gasteiger partial charge in [0.25, 0.3) is 5.56 Å². The lowest BCUT2D eigenvalue weighted by Gasteiger charge is -2.39. The van der Waals surface area contributed by atoms with Crippen LogP contribution in [-0.4, -0.2) is 81.9 Å². The third kappa shape index (κ3) is 4.09. The van der Waals surface area contributed by atoms with Gasteiger partial charge in [0.15, 0.2) is 0 Å². The van der Waals surface area contributed by atoms with E-state index in [-0.39, 0.29) is 18.0 Å². The van der Waals surface area contributed by atoms with Gasteiger partial charge in [-0.2, -0.15) is 0 Å². The number of carbonyl (C=O) groups is 1. The molecule has 150 valence electrons. The molecule has 0 aliphatic carbocycles. The van der Waals surface area contributed by atoms with E-state index in [9.17, 15) is 14.7 Å². The molecule has 2 saturated heterocycles. The summed E-state index contributed by atoms with van der Waals surface area (Å²) in [5.74, 6) is 0.115. The number of hydrogen-bond acceptors (Lipinski definition) is 6. The molecule has 0 saturated carbocycles. The topological polar surface area (TPSA) is 87.9 Å². The Hall–Kier alpha value is -2.29. The number of nitrogens with zero attached hydrogens (tertiary/aromatic N) is 4. The third-order valence-corrected chi connectivity index (χ3v) is 5.71. The van der Waals surface area contributed by atoms with Crippen molar-refractivity contribution in [2.45, 2.75) is 25.0 Å². The molecule has 2 aliphatic rings. The maximum absolute atomic E-state index is 12.7. The molecule has 2 aromatic rings. The van der Waals surface area contributed by atoms with Crippen molar-refractivity contribution in [3.05, 3.63) is 40.9 Å². The highest BCUT2D eigenvalue weighted by atomic mass is 16.5. The summed E-state index contributed by atoms with van der Waals surface area (Å²) in [5, 5.41) is 11.6. The van der Waals surface area contributed by atoms with E-state index in [2.05, 4.69) is 9.88 Å². The van der Waals surface area contributed by atoms with Gasteiger partial charge in [-0.1, -0.05) is 12.1 Å². The average molecular weight is 386 g/mol. The Balaban J connectivity index is 1.36. The molecule has 8 nitrogen and oxygen atoms in total. The second-order valence-electron chi connectivity index (χ2n) is 7.69. The molecule has 2 aliphatic heterocycles. The van der Waals surface area contributed by atoms with Gasteiger partial charge in [0.2, 0.25) is 5.91 Å². The van der Waals surface area contributed by atoms with E-state index >= 15 is 0 Å². The fourth-order valence-electron chi connectivity index (χ4n) is 3.93. The number of fused-ring (bicyclic) bond motifs is 1. The zero-order valence-electron chi connectivity index (χ0n) is 15.9. The first-order valence-corrected chi connectivity index (χ1v) is 9.79. The Morgan fingerprint density at radius 2 is 1.86 bits per heavy atom. The molecule has 0 bridgehead atoms.